The maximum absolute atomic E-state index is 6.23. The first-order valence-electron chi connectivity index (χ1n) is 6.58. The Morgan fingerprint density at radius 3 is 2.75 bits per heavy atom. The highest BCUT2D eigenvalue weighted by Crippen LogP contribution is 2.35. The van der Waals surface area contributed by atoms with E-state index in [4.69, 9.17) is 21.1 Å². The lowest BCUT2D eigenvalue weighted by Crippen LogP contribution is -2.18. The molecule has 20 heavy (non-hydrogen) atoms. The van der Waals surface area contributed by atoms with Crippen LogP contribution in [0.1, 0.15) is 17.2 Å². The number of hydrogen-bond donors (Lipinski definition) is 1. The normalized spacial score (nSPS) is 14.3. The van der Waals surface area contributed by atoms with E-state index in [2.05, 4.69) is 17.4 Å². The van der Waals surface area contributed by atoms with Crippen LogP contribution in [-0.4, -0.2) is 13.8 Å². The minimum atomic E-state index is 0.185. The van der Waals surface area contributed by atoms with E-state index in [1.165, 1.54) is 0 Å². The molecular formula is C16H16ClNO2. The third-order valence-corrected chi connectivity index (χ3v) is 3.90. The molecule has 2 aromatic rings. The number of hydrogen-bond acceptors (Lipinski definition) is 3. The first-order valence-corrected chi connectivity index (χ1v) is 6.96. The van der Waals surface area contributed by atoms with Crippen LogP contribution in [0.5, 0.6) is 11.5 Å². The molecule has 0 spiro atoms. The van der Waals surface area contributed by atoms with Crippen molar-refractivity contribution in [3.8, 4) is 11.5 Å². The van der Waals surface area contributed by atoms with Gasteiger partial charge in [0.15, 0.2) is 11.5 Å². The van der Waals surface area contributed by atoms with Gasteiger partial charge in [-0.05, 0) is 42.8 Å². The second-order valence-corrected chi connectivity index (χ2v) is 5.16. The molecule has 104 valence electrons. The van der Waals surface area contributed by atoms with Gasteiger partial charge >= 0.3 is 0 Å². The van der Waals surface area contributed by atoms with E-state index >= 15 is 0 Å². The lowest BCUT2D eigenvalue weighted by molar-refractivity contribution is 0.174. The fourth-order valence-corrected chi connectivity index (χ4v) is 2.61. The van der Waals surface area contributed by atoms with Gasteiger partial charge in [0.05, 0.1) is 0 Å². The highest BCUT2D eigenvalue weighted by Gasteiger charge is 2.18. The third kappa shape index (κ3) is 2.60. The van der Waals surface area contributed by atoms with E-state index < -0.39 is 0 Å². The first kappa shape index (κ1) is 13.3. The number of benzene rings is 2. The fraction of sp³-hybridized carbons (Fsp3) is 0.250. The van der Waals surface area contributed by atoms with Gasteiger partial charge in [-0.15, -0.1) is 0 Å². The molecule has 1 atom stereocenters. The van der Waals surface area contributed by atoms with E-state index in [0.29, 0.717) is 6.79 Å². The quantitative estimate of drug-likeness (QED) is 0.933. The second-order valence-electron chi connectivity index (χ2n) is 4.75. The van der Waals surface area contributed by atoms with Gasteiger partial charge in [-0.25, -0.2) is 0 Å². The van der Waals surface area contributed by atoms with Crippen molar-refractivity contribution in [2.45, 2.75) is 12.5 Å². The number of fused-ring (bicyclic) bond motifs is 1. The van der Waals surface area contributed by atoms with Crippen molar-refractivity contribution in [1.29, 1.82) is 0 Å². The molecule has 0 aromatic heterocycles. The molecule has 1 unspecified atom stereocenters. The minimum absolute atomic E-state index is 0.185. The van der Waals surface area contributed by atoms with Gasteiger partial charge in [-0.1, -0.05) is 35.9 Å². The van der Waals surface area contributed by atoms with Crippen LogP contribution in [0.4, 0.5) is 0 Å². The van der Waals surface area contributed by atoms with Crippen molar-refractivity contribution >= 4 is 11.6 Å². The number of nitrogens with one attached hydrogen (secondary N) is 1. The van der Waals surface area contributed by atoms with Crippen molar-refractivity contribution < 1.29 is 9.47 Å². The molecule has 2 aromatic carbocycles. The lowest BCUT2D eigenvalue weighted by atomic mass is 9.98. The summed E-state index contributed by atoms with van der Waals surface area (Å²) in [5.74, 6) is 1.61. The Morgan fingerprint density at radius 1 is 1.15 bits per heavy atom. The Morgan fingerprint density at radius 2 is 1.95 bits per heavy atom. The molecule has 0 fully saturated rings. The van der Waals surface area contributed by atoms with Gasteiger partial charge in [-0.2, -0.15) is 0 Å². The molecule has 1 aliphatic rings. The molecule has 1 aliphatic heterocycles. The molecule has 3 rings (SSSR count). The highest BCUT2D eigenvalue weighted by molar-refractivity contribution is 6.31. The lowest BCUT2D eigenvalue weighted by Gasteiger charge is -2.18. The van der Waals surface area contributed by atoms with Crippen molar-refractivity contribution in [3.63, 3.8) is 0 Å². The van der Waals surface area contributed by atoms with Crippen molar-refractivity contribution in [1.82, 2.24) is 5.32 Å². The average molecular weight is 290 g/mol. The van der Waals surface area contributed by atoms with E-state index in [1.807, 2.05) is 37.4 Å². The van der Waals surface area contributed by atoms with Gasteiger partial charge in [0.1, 0.15) is 0 Å². The number of halogens is 1. The van der Waals surface area contributed by atoms with Crippen LogP contribution in [-0.2, 0) is 6.42 Å². The summed E-state index contributed by atoms with van der Waals surface area (Å²) in [7, 11) is 1.95. The molecule has 1 N–H and O–H groups in total. The zero-order valence-electron chi connectivity index (χ0n) is 11.2. The zero-order chi connectivity index (χ0) is 13.9. The molecule has 0 saturated carbocycles. The van der Waals surface area contributed by atoms with E-state index in [1.54, 1.807) is 0 Å². The summed E-state index contributed by atoms with van der Waals surface area (Å²) in [5, 5.41) is 4.13. The summed E-state index contributed by atoms with van der Waals surface area (Å²) >= 11 is 6.23. The van der Waals surface area contributed by atoms with Crippen LogP contribution < -0.4 is 14.8 Å². The number of rotatable bonds is 4. The maximum Gasteiger partial charge on any atom is 0.231 e. The Hall–Kier alpha value is -1.71. The van der Waals surface area contributed by atoms with Crippen molar-refractivity contribution in [2.24, 2.45) is 0 Å². The largest absolute Gasteiger partial charge is 0.454 e. The summed E-state index contributed by atoms with van der Waals surface area (Å²) in [6.45, 7) is 0.299. The number of ether oxygens (including phenoxy) is 2. The highest BCUT2D eigenvalue weighted by atomic mass is 35.5. The Labute approximate surface area is 123 Å². The first-order chi connectivity index (χ1) is 9.78. The summed E-state index contributed by atoms with van der Waals surface area (Å²) in [6, 6.07) is 14.2. The molecule has 0 amide bonds. The van der Waals surface area contributed by atoms with Crippen LogP contribution in [0, 0.1) is 0 Å². The van der Waals surface area contributed by atoms with Crippen molar-refractivity contribution in [2.75, 3.05) is 13.8 Å². The second kappa shape index (κ2) is 5.73. The summed E-state index contributed by atoms with van der Waals surface area (Å²) < 4.78 is 10.8. The van der Waals surface area contributed by atoms with Gasteiger partial charge in [0.2, 0.25) is 6.79 Å². The van der Waals surface area contributed by atoms with Crippen LogP contribution in [0.25, 0.3) is 0 Å². The van der Waals surface area contributed by atoms with Crippen molar-refractivity contribution in [3.05, 3.63) is 58.6 Å². The fourth-order valence-electron chi connectivity index (χ4n) is 2.40. The molecule has 0 bridgehead atoms. The Kier molecular flexibility index (Phi) is 3.81. The molecule has 0 saturated heterocycles. The topological polar surface area (TPSA) is 30.5 Å². The molecular weight excluding hydrogens is 274 g/mol. The van der Waals surface area contributed by atoms with Gasteiger partial charge < -0.3 is 14.8 Å². The molecule has 4 heteroatoms. The zero-order valence-corrected chi connectivity index (χ0v) is 12.0. The average Bonchev–Trinajstić information content (AvgIpc) is 2.94. The van der Waals surface area contributed by atoms with Gasteiger partial charge in [0, 0.05) is 11.1 Å². The minimum Gasteiger partial charge on any atom is -0.454 e. The van der Waals surface area contributed by atoms with E-state index in [-0.39, 0.29) is 6.04 Å². The summed E-state index contributed by atoms with van der Waals surface area (Å²) in [4.78, 5) is 0. The Bertz CT molecular complexity index is 615. The van der Waals surface area contributed by atoms with Crippen LogP contribution >= 0.6 is 11.6 Å². The molecule has 3 nitrogen and oxygen atoms in total. The summed E-state index contributed by atoms with van der Waals surface area (Å²) in [6.07, 6.45) is 0.829. The summed E-state index contributed by atoms with van der Waals surface area (Å²) in [5.41, 5.74) is 2.29. The molecule has 0 aliphatic carbocycles. The SMILES string of the molecule is CNC(Cc1ccccc1Cl)c1ccc2c(c1)OCO2. The van der Waals surface area contributed by atoms with Crippen LogP contribution in [0.2, 0.25) is 5.02 Å². The number of likely N-dealkylation sites (N-methyl/N-ethyl adjacent to an activating group) is 1. The monoisotopic (exact) mass is 289 g/mol. The van der Waals surface area contributed by atoms with Gasteiger partial charge in [-0.3, -0.25) is 0 Å². The smallest absolute Gasteiger partial charge is 0.231 e. The van der Waals surface area contributed by atoms with Crippen LogP contribution in [0.3, 0.4) is 0 Å². The molecule has 0 radical (unpaired) electrons. The third-order valence-electron chi connectivity index (χ3n) is 3.53. The van der Waals surface area contributed by atoms with Gasteiger partial charge in [0.25, 0.3) is 0 Å². The predicted octanol–water partition coefficient (Wildman–Crippen LogP) is 3.57. The maximum atomic E-state index is 6.23. The molecule has 1 heterocycles. The van der Waals surface area contributed by atoms with E-state index in [9.17, 15) is 0 Å². The standard InChI is InChI=1S/C16H16ClNO2/c1-18-14(8-11-4-2-3-5-13(11)17)12-6-7-15-16(9-12)20-10-19-15/h2-7,9,14,18H,8,10H2,1H3. The van der Waals surface area contributed by atoms with E-state index in [0.717, 1.165) is 34.1 Å². The van der Waals surface area contributed by atoms with Crippen LogP contribution in [0.15, 0.2) is 42.5 Å². The Balaban J connectivity index is 1.85. The predicted molar refractivity (Wildman–Crippen MR) is 79.5 cm³/mol.